The first-order valence-corrected chi connectivity index (χ1v) is 19.8. The highest BCUT2D eigenvalue weighted by Gasteiger charge is 2.18. The summed E-state index contributed by atoms with van der Waals surface area (Å²) >= 11 is 0. The van der Waals surface area contributed by atoms with Crippen molar-refractivity contribution in [2.24, 2.45) is 5.41 Å². The summed E-state index contributed by atoms with van der Waals surface area (Å²) in [5, 5.41) is 25.5. The van der Waals surface area contributed by atoms with Crippen molar-refractivity contribution in [3.8, 4) is 11.6 Å². The van der Waals surface area contributed by atoms with Crippen molar-refractivity contribution >= 4 is 64.6 Å². The molecule has 0 atom stereocenters. The lowest BCUT2D eigenvalue weighted by atomic mass is 9.90. The third-order valence-electron chi connectivity index (χ3n) is 8.03. The summed E-state index contributed by atoms with van der Waals surface area (Å²) in [5.74, 6) is 1.47. The number of amides is 2. The molecule has 13 heteroatoms. The van der Waals surface area contributed by atoms with Gasteiger partial charge in [0, 0.05) is 76.9 Å². The van der Waals surface area contributed by atoms with E-state index in [9.17, 15) is 14.2 Å². The Balaban J connectivity index is 1.34. The first-order valence-electron chi connectivity index (χ1n) is 17.0. The van der Waals surface area contributed by atoms with Gasteiger partial charge in [0.2, 0.25) is 11.8 Å². The molecule has 5 rings (SSSR count). The van der Waals surface area contributed by atoms with Gasteiger partial charge in [-0.15, -0.1) is 0 Å². The molecule has 0 aliphatic heterocycles. The maximum absolute atomic E-state index is 13.5. The number of rotatable bonds is 14. The minimum Gasteiger partial charge on any atom is -0.438 e. The smallest absolute Gasteiger partial charge is 0.324 e. The van der Waals surface area contributed by atoms with Crippen molar-refractivity contribution < 1.29 is 18.9 Å². The molecule has 1 heterocycles. The molecule has 4 aromatic carbocycles. The standard InChI is InChI=1S/C40H45N8O4P/c1-40(2,3)35(41)24-36(44-28-11-9-10-26(22-28)25-53(5,6)51)47-39(50)46-32-16-17-34(31-13-8-7-12-30(31)32)52-37-18-20-43-38(48-37)45-29-15-14-27(19-21-49)33(23-29)42-4/h7-18,20-24,41-42,44H,19,25H2,1-6H3,(H,43,45,48)(H2,46,47,50)/b36-24+,41-35?. The Bertz CT molecular complexity index is 2220. The van der Waals surface area contributed by atoms with Gasteiger partial charge in [-0.2, -0.15) is 4.98 Å². The fourth-order valence-corrected chi connectivity index (χ4v) is 6.48. The maximum Gasteiger partial charge on any atom is 0.324 e. The number of urea groups is 1. The molecular weight excluding hydrogens is 687 g/mol. The summed E-state index contributed by atoms with van der Waals surface area (Å²) in [4.78, 5) is 33.4. The Morgan fingerprint density at radius 2 is 1.68 bits per heavy atom. The van der Waals surface area contributed by atoms with E-state index in [1.54, 1.807) is 50.8 Å². The van der Waals surface area contributed by atoms with Crippen LogP contribution in [0, 0.1) is 10.8 Å². The number of nitrogens with one attached hydrogen (secondary N) is 6. The summed E-state index contributed by atoms with van der Waals surface area (Å²) in [7, 11) is -0.502. The van der Waals surface area contributed by atoms with E-state index in [2.05, 4.69) is 36.6 Å². The topological polar surface area (TPSA) is 170 Å². The van der Waals surface area contributed by atoms with E-state index in [4.69, 9.17) is 10.1 Å². The molecule has 1 aromatic heterocycles. The minimum absolute atomic E-state index is 0.307. The lowest BCUT2D eigenvalue weighted by Gasteiger charge is -2.20. The number of hydrogen-bond acceptors (Lipinski definition) is 10. The summed E-state index contributed by atoms with van der Waals surface area (Å²) in [6, 6.07) is 25.3. The van der Waals surface area contributed by atoms with Crippen molar-refractivity contribution in [2.45, 2.75) is 33.4 Å². The van der Waals surface area contributed by atoms with Gasteiger partial charge in [-0.05, 0) is 60.9 Å². The quantitative estimate of drug-likeness (QED) is 0.0370. The predicted molar refractivity (Wildman–Crippen MR) is 216 cm³/mol. The molecule has 0 spiro atoms. The van der Waals surface area contributed by atoms with E-state index in [1.807, 2.05) is 87.5 Å². The number of aldehydes is 1. The summed E-state index contributed by atoms with van der Waals surface area (Å²) < 4.78 is 18.7. The highest BCUT2D eigenvalue weighted by Crippen LogP contribution is 2.40. The number of hydrogen-bond donors (Lipinski definition) is 6. The number of aromatic nitrogens is 2. The van der Waals surface area contributed by atoms with Gasteiger partial charge >= 0.3 is 6.03 Å². The van der Waals surface area contributed by atoms with Crippen LogP contribution in [0.2, 0.25) is 0 Å². The van der Waals surface area contributed by atoms with Crippen LogP contribution in [-0.2, 0) is 21.9 Å². The lowest BCUT2D eigenvalue weighted by molar-refractivity contribution is -0.107. The number of fused-ring (bicyclic) bond motifs is 1. The zero-order valence-corrected chi connectivity index (χ0v) is 31.6. The first-order chi connectivity index (χ1) is 25.2. The molecule has 2 amide bonds. The zero-order valence-electron chi connectivity index (χ0n) is 30.7. The zero-order chi connectivity index (χ0) is 38.2. The molecule has 5 aromatic rings. The molecule has 0 bridgehead atoms. The molecule has 274 valence electrons. The van der Waals surface area contributed by atoms with Gasteiger partial charge in [0.1, 0.15) is 17.9 Å². The molecule has 0 saturated carbocycles. The summed E-state index contributed by atoms with van der Waals surface area (Å²) in [6.07, 6.45) is 4.81. The van der Waals surface area contributed by atoms with E-state index >= 15 is 0 Å². The molecule has 0 aliphatic carbocycles. The maximum atomic E-state index is 13.5. The van der Waals surface area contributed by atoms with Crippen LogP contribution in [0.4, 0.5) is 33.5 Å². The molecular formula is C40H45N8O4P. The molecule has 0 fully saturated rings. The molecule has 0 radical (unpaired) electrons. The van der Waals surface area contributed by atoms with Crippen molar-refractivity contribution in [3.63, 3.8) is 0 Å². The molecule has 0 saturated heterocycles. The number of benzene rings is 4. The number of carbonyl (C=O) groups excluding carboxylic acids is 2. The molecule has 12 nitrogen and oxygen atoms in total. The lowest BCUT2D eigenvalue weighted by Crippen LogP contribution is -2.32. The first kappa shape index (κ1) is 38.2. The van der Waals surface area contributed by atoms with Crippen molar-refractivity contribution in [2.75, 3.05) is 41.6 Å². The largest absolute Gasteiger partial charge is 0.438 e. The summed E-state index contributed by atoms with van der Waals surface area (Å²) in [5.41, 5.74) is 4.43. The van der Waals surface area contributed by atoms with Gasteiger partial charge in [0.15, 0.2) is 0 Å². The Kier molecular flexibility index (Phi) is 11.9. The van der Waals surface area contributed by atoms with Crippen molar-refractivity contribution in [1.82, 2.24) is 15.3 Å². The van der Waals surface area contributed by atoms with Gasteiger partial charge in [0.05, 0.1) is 12.8 Å². The van der Waals surface area contributed by atoms with Gasteiger partial charge in [-0.1, -0.05) is 63.2 Å². The number of allylic oxidation sites excluding steroid dienone is 1. The van der Waals surface area contributed by atoms with Crippen LogP contribution in [0.25, 0.3) is 10.8 Å². The Morgan fingerprint density at radius 3 is 2.40 bits per heavy atom. The van der Waals surface area contributed by atoms with Gasteiger partial charge in [-0.3, -0.25) is 5.32 Å². The normalized spacial score (nSPS) is 11.8. The molecule has 0 unspecified atom stereocenters. The fraction of sp³-hybridized carbons (Fsp3) is 0.225. The predicted octanol–water partition coefficient (Wildman–Crippen LogP) is 9.21. The van der Waals surface area contributed by atoms with E-state index in [1.165, 1.54) is 0 Å². The second-order valence-corrected chi connectivity index (χ2v) is 17.4. The van der Waals surface area contributed by atoms with Crippen LogP contribution in [0.5, 0.6) is 11.6 Å². The van der Waals surface area contributed by atoms with Crippen molar-refractivity contribution in [3.05, 3.63) is 114 Å². The second-order valence-electron chi connectivity index (χ2n) is 14.0. The van der Waals surface area contributed by atoms with Crippen LogP contribution in [0.15, 0.2) is 103 Å². The van der Waals surface area contributed by atoms with E-state index < -0.39 is 18.6 Å². The van der Waals surface area contributed by atoms with E-state index in [-0.39, 0.29) is 0 Å². The Morgan fingerprint density at radius 1 is 0.906 bits per heavy atom. The van der Waals surface area contributed by atoms with Crippen LogP contribution < -0.4 is 31.3 Å². The third kappa shape index (κ3) is 10.8. The molecule has 6 N–H and O–H groups in total. The van der Waals surface area contributed by atoms with Crippen LogP contribution in [0.1, 0.15) is 31.9 Å². The van der Waals surface area contributed by atoms with Gasteiger partial charge in [0.25, 0.3) is 0 Å². The SMILES string of the molecule is CNc1cc(Nc2nccc(Oc3ccc(NC(=O)N/C(=C/C(=N)C(C)(C)C)Nc4cccc(CP(C)(C)=O)c4)c4ccccc34)n2)ccc1CC=O. The number of anilines is 5. The summed E-state index contributed by atoms with van der Waals surface area (Å²) in [6.45, 7) is 9.28. The van der Waals surface area contributed by atoms with E-state index in [0.29, 0.717) is 53.1 Å². The monoisotopic (exact) mass is 732 g/mol. The number of nitrogens with zero attached hydrogens (tertiary/aromatic N) is 2. The fourth-order valence-electron chi connectivity index (χ4n) is 5.41. The van der Waals surface area contributed by atoms with Crippen LogP contribution in [0.3, 0.4) is 0 Å². The van der Waals surface area contributed by atoms with Crippen molar-refractivity contribution in [1.29, 1.82) is 5.41 Å². The highest BCUT2D eigenvalue weighted by molar-refractivity contribution is 7.61. The van der Waals surface area contributed by atoms with Gasteiger partial charge < -0.3 is 40.8 Å². The van der Waals surface area contributed by atoms with Crippen LogP contribution in [-0.4, -0.2) is 48.4 Å². The minimum atomic E-state index is -2.30. The third-order valence-corrected chi connectivity index (χ3v) is 9.16. The molecule has 0 aliphatic rings. The Labute approximate surface area is 309 Å². The Hall–Kier alpha value is -6.00. The molecule has 53 heavy (non-hydrogen) atoms. The second kappa shape index (κ2) is 16.6. The van der Waals surface area contributed by atoms with Crippen LogP contribution >= 0.6 is 7.14 Å². The number of ether oxygens (including phenoxy) is 1. The average molecular weight is 733 g/mol. The highest BCUT2D eigenvalue weighted by atomic mass is 31.2. The van der Waals surface area contributed by atoms with E-state index in [0.717, 1.165) is 39.6 Å². The number of carbonyl (C=O) groups is 2. The average Bonchev–Trinajstić information content (AvgIpc) is 3.09. The van der Waals surface area contributed by atoms with Gasteiger partial charge in [-0.25, -0.2) is 9.78 Å².